The Hall–Kier alpha value is -12.8. The van der Waals surface area contributed by atoms with E-state index in [1.807, 2.05) is 84.9 Å². The van der Waals surface area contributed by atoms with E-state index in [4.69, 9.17) is 0 Å². The van der Waals surface area contributed by atoms with E-state index in [-0.39, 0.29) is 62.3 Å². The van der Waals surface area contributed by atoms with E-state index < -0.39 is 124 Å². The van der Waals surface area contributed by atoms with Crippen molar-refractivity contribution in [1.82, 2.24) is 0 Å². The van der Waals surface area contributed by atoms with Crippen molar-refractivity contribution in [3.05, 3.63) is 334 Å². The second-order valence-electron chi connectivity index (χ2n) is 37.9. The zero-order valence-corrected chi connectivity index (χ0v) is 81.6. The lowest BCUT2D eigenvalue weighted by Gasteiger charge is -2.41. The smallest absolute Gasteiger partial charge is 0.428 e. The molecule has 0 aromatic heterocycles. The van der Waals surface area contributed by atoms with E-state index in [9.17, 15) is 120 Å². The second kappa shape index (κ2) is 48.6. The third-order valence-corrected chi connectivity index (χ3v) is 26.1. The summed E-state index contributed by atoms with van der Waals surface area (Å²) >= 11 is 0. The Balaban J connectivity index is 0.000000173. The van der Waals surface area contributed by atoms with Crippen molar-refractivity contribution < 1.29 is 144 Å². The normalized spacial score (nSPS) is 17.1. The van der Waals surface area contributed by atoms with Crippen molar-refractivity contribution in [2.24, 2.45) is 0 Å². The van der Waals surface area contributed by atoms with E-state index in [0.29, 0.717) is 58.3 Å². The summed E-state index contributed by atoms with van der Waals surface area (Å²) in [6.45, 7) is 15.1. The van der Waals surface area contributed by atoms with Gasteiger partial charge < -0.3 is 54.3 Å². The monoisotopic (exact) mass is 2120 g/mol. The van der Waals surface area contributed by atoms with E-state index in [1.165, 1.54) is 104 Å². The predicted octanol–water partition coefficient (Wildman–Crippen LogP) is 33.5. The Morgan fingerprint density at radius 1 is 0.313 bits per heavy atom. The van der Waals surface area contributed by atoms with Crippen LogP contribution in [0.2, 0.25) is 0 Å². The quantitative estimate of drug-likeness (QED) is 0.0277. The Morgan fingerprint density at radius 2 is 0.560 bits per heavy atom. The lowest BCUT2D eigenvalue weighted by molar-refractivity contribution is -0.253. The Labute approximate surface area is 852 Å². The number of benzene rings is 12. The first-order valence-corrected chi connectivity index (χ1v) is 48.1. The van der Waals surface area contributed by atoms with Gasteiger partial charge >= 0.3 is 68.7 Å². The van der Waals surface area contributed by atoms with Crippen LogP contribution in [0.4, 0.5) is 133 Å². The average Bonchev–Trinajstić information content (AvgIpc) is 1.64. The van der Waals surface area contributed by atoms with Crippen molar-refractivity contribution in [3.8, 4) is 67.5 Å². The summed E-state index contributed by atoms with van der Waals surface area (Å²) in [5.41, 5.74) is 21.8. The summed E-state index contributed by atoms with van der Waals surface area (Å²) in [4.78, 5) is 2.80. The first-order chi connectivity index (χ1) is 70.1. The van der Waals surface area contributed by atoms with Crippen molar-refractivity contribution >= 4 is 22.7 Å². The third-order valence-electron chi connectivity index (χ3n) is 26.1. The number of rotatable bonds is 28. The number of hydrogen-bond acceptors (Lipinski definition) is 11. The van der Waals surface area contributed by atoms with Crippen molar-refractivity contribution in [2.45, 2.75) is 249 Å². The van der Waals surface area contributed by atoms with Gasteiger partial charge in [0.1, 0.15) is 23.0 Å². The van der Waals surface area contributed by atoms with Gasteiger partial charge in [0, 0.05) is 22.7 Å². The number of nitrogens with zero attached hydrogens (tertiary/aromatic N) is 2. The van der Waals surface area contributed by atoms with Crippen LogP contribution in [0.5, 0.6) is 23.0 Å². The molecule has 0 bridgehead atoms. The van der Waals surface area contributed by atoms with Crippen LogP contribution in [0, 0.1) is 0 Å². The predicted molar refractivity (Wildman–Crippen MR) is 529 cm³/mol. The lowest BCUT2D eigenvalue weighted by atomic mass is 9.86. The van der Waals surface area contributed by atoms with E-state index in [2.05, 4.69) is 150 Å². The van der Waals surface area contributed by atoms with Crippen LogP contribution in [0.1, 0.15) is 203 Å². The standard InChI is InChI=1S/2C29H28F7NO2.2C26H25F4NO.C3H3F3O.CH4/c2*1-17(2)18-6-3-7-19(14-18)22-10-5-11-25-23(22)12-13-24(37(25)16-26(38)28(32,33)34)20-8-4-9-21(15-20)39-29(35,36)27(30)31;2*1-16(2)17-6-3-7-18(14-17)21-10-5-11-24-22(21)12-13-23(31-24)19-8-4-9-20(15-19)32-26(29,30)25(27)28;4-3(5,6)2-1-7-2;/h2*3-11,14-15,17,24,26-27,38H,12-13,16H2,1-2H3;2*3-11,14-16,23,25,31H,12-13H2,1-2H3;2H,1H2;1H4. The molecular weight excluding hydrogens is 2010 g/mol. The van der Waals surface area contributed by atoms with E-state index in [1.54, 1.807) is 36.4 Å². The highest BCUT2D eigenvalue weighted by atomic mass is 19.4. The SMILES string of the molecule is C.CC(C)c1cccc(-c2cccc3c2CCC(c2cccc(OC(F)(F)C(F)F)c2)N3)c1.CC(C)c1cccc(-c2cccc3c2CCC(c2cccc(OC(F)(F)C(F)F)c2)N3)c1.CC(C)c1cccc(-c2cccc3c2CCC(c2cccc(OC(F)(F)C(F)F)c2)N3CC(O)C(F)(F)F)c1.CC(C)c1cccc(-c2cccc3c2CCC(c2cccc(OC(F)(F)C(F)F)c2)N3CC(O)C(F)(F)F)c1.FC(F)(F)C1CO1. The van der Waals surface area contributed by atoms with Gasteiger partial charge in [0.15, 0.2) is 18.3 Å². The maximum Gasteiger partial charge on any atom is 0.461 e. The number of aliphatic hydroxyl groups is 2. The minimum absolute atomic E-state index is 0. The summed E-state index contributed by atoms with van der Waals surface area (Å²) in [5, 5.41) is 27.0. The van der Waals surface area contributed by atoms with E-state index in [0.717, 1.165) is 117 Å². The summed E-state index contributed by atoms with van der Waals surface area (Å²) in [7, 11) is 0. The number of β-amino-alcohol motifs (C(OH)–C–C–N with tert-alkyl or cyclic N) is 2. The molecule has 150 heavy (non-hydrogen) atoms. The zero-order chi connectivity index (χ0) is 108. The fourth-order valence-electron chi connectivity index (χ4n) is 18.3. The Kier molecular flexibility index (Phi) is 37.6. The Bertz CT molecular complexity index is 6120. The molecule has 4 N–H and O–H groups in total. The molecule has 12 aromatic carbocycles. The molecule has 0 saturated carbocycles. The second-order valence-corrected chi connectivity index (χ2v) is 37.9. The van der Waals surface area contributed by atoms with Gasteiger partial charge in [-0.2, -0.15) is 110 Å². The number of halogens is 25. The van der Waals surface area contributed by atoms with Crippen LogP contribution in [0.15, 0.2) is 267 Å². The first kappa shape index (κ1) is 116. The van der Waals surface area contributed by atoms with Gasteiger partial charge in [-0.05, 0) is 259 Å². The maximum atomic E-state index is 13.5. The molecule has 5 aliphatic heterocycles. The molecule has 12 aromatic rings. The summed E-state index contributed by atoms with van der Waals surface area (Å²) < 4.78 is 343. The molecule has 1 saturated heterocycles. The van der Waals surface area contributed by atoms with Crippen LogP contribution in [0.3, 0.4) is 0 Å². The molecule has 0 aliphatic carbocycles. The molecule has 17 rings (SSSR count). The van der Waals surface area contributed by atoms with Crippen LogP contribution in [0.25, 0.3) is 44.5 Å². The van der Waals surface area contributed by atoms with Gasteiger partial charge in [0.2, 0.25) is 0 Å². The fourth-order valence-corrected chi connectivity index (χ4v) is 18.3. The van der Waals surface area contributed by atoms with Crippen LogP contribution in [-0.4, -0.2) is 117 Å². The molecule has 5 aliphatic rings. The Morgan fingerprint density at radius 3 is 0.813 bits per heavy atom. The van der Waals surface area contributed by atoms with Crippen LogP contribution >= 0.6 is 0 Å². The molecule has 11 nitrogen and oxygen atoms in total. The van der Waals surface area contributed by atoms with Gasteiger partial charge in [0.05, 0.1) is 43.9 Å². The molecule has 806 valence electrons. The molecule has 1 fully saturated rings. The molecule has 36 heteroatoms. The third kappa shape index (κ3) is 29.3. The molecule has 0 radical (unpaired) electrons. The number of nitrogens with one attached hydrogen (secondary N) is 2. The van der Waals surface area contributed by atoms with Crippen molar-refractivity contribution in [3.63, 3.8) is 0 Å². The number of aliphatic hydroxyl groups excluding tert-OH is 2. The first-order valence-electron chi connectivity index (χ1n) is 48.1. The number of ether oxygens (including phenoxy) is 5. The van der Waals surface area contributed by atoms with Crippen molar-refractivity contribution in [2.75, 3.05) is 40.1 Å². The summed E-state index contributed by atoms with van der Waals surface area (Å²) in [5.74, 6) is -0.246. The average molecular weight is 2130 g/mol. The van der Waals surface area contributed by atoms with E-state index >= 15 is 0 Å². The number of alkyl halides is 25. The van der Waals surface area contributed by atoms with Gasteiger partial charge in [-0.1, -0.05) is 257 Å². The minimum atomic E-state index is -4.89. The van der Waals surface area contributed by atoms with Crippen LogP contribution < -0.4 is 39.4 Å². The highest BCUT2D eigenvalue weighted by Crippen LogP contribution is 2.51. The molecule has 7 unspecified atom stereocenters. The van der Waals surface area contributed by atoms with Gasteiger partial charge in [-0.25, -0.2) is 0 Å². The summed E-state index contributed by atoms with van der Waals surface area (Å²) in [6, 6.07) is 75.7. The number of anilines is 4. The lowest BCUT2D eigenvalue weighted by Crippen LogP contribution is -2.44. The van der Waals surface area contributed by atoms with Gasteiger partial charge in [-0.3, -0.25) is 0 Å². The largest absolute Gasteiger partial charge is 0.461 e. The molecule has 0 spiro atoms. The molecule has 0 amide bonds. The maximum absolute atomic E-state index is 13.5. The zero-order valence-electron chi connectivity index (χ0n) is 81.6. The fraction of sp³-hybridized carbons (Fsp3) is 0.368. The minimum Gasteiger partial charge on any atom is -0.428 e. The topological polar surface area (TPSA) is 120 Å². The van der Waals surface area contributed by atoms with Crippen LogP contribution in [-0.2, 0) is 30.4 Å². The number of epoxide rings is 1. The highest BCUT2D eigenvalue weighted by molar-refractivity contribution is 5.80. The number of hydrogen-bond donors (Lipinski definition) is 4. The highest BCUT2D eigenvalue weighted by Gasteiger charge is 2.51. The molecular formula is C114H113F25N4O7. The van der Waals surface area contributed by atoms with Gasteiger partial charge in [-0.15, -0.1) is 0 Å². The van der Waals surface area contributed by atoms with Crippen molar-refractivity contribution in [1.29, 1.82) is 0 Å². The van der Waals surface area contributed by atoms with Gasteiger partial charge in [0.25, 0.3) is 0 Å². The molecule has 7 atom stereocenters. The number of fused-ring (bicyclic) bond motifs is 4. The summed E-state index contributed by atoms with van der Waals surface area (Å²) in [6.07, 6.45) is -50.6. The molecule has 5 heterocycles.